The second-order valence-corrected chi connectivity index (χ2v) is 3.91. The van der Waals surface area contributed by atoms with Crippen molar-refractivity contribution in [1.82, 2.24) is 9.88 Å². The van der Waals surface area contributed by atoms with Crippen molar-refractivity contribution in [2.24, 2.45) is 0 Å². The SMILES string of the molecule is CCCN(C)C(=O)c1cncc(/C=C/C(=O)O)c1. The molecule has 0 aliphatic heterocycles. The fourth-order valence-electron chi connectivity index (χ4n) is 1.49. The average molecular weight is 248 g/mol. The third-order valence-corrected chi connectivity index (χ3v) is 2.33. The normalized spacial score (nSPS) is 10.6. The number of carbonyl (C=O) groups is 2. The van der Waals surface area contributed by atoms with Gasteiger partial charge in [0.25, 0.3) is 5.91 Å². The van der Waals surface area contributed by atoms with Crippen LogP contribution in [0.15, 0.2) is 24.5 Å². The van der Waals surface area contributed by atoms with Gasteiger partial charge in [-0.05, 0) is 24.1 Å². The highest BCUT2D eigenvalue weighted by Gasteiger charge is 2.11. The van der Waals surface area contributed by atoms with Gasteiger partial charge < -0.3 is 10.0 Å². The molecule has 0 saturated heterocycles. The predicted molar refractivity (Wildman–Crippen MR) is 68.2 cm³/mol. The van der Waals surface area contributed by atoms with Crippen molar-refractivity contribution in [2.45, 2.75) is 13.3 Å². The summed E-state index contributed by atoms with van der Waals surface area (Å²) in [6.45, 7) is 2.67. The van der Waals surface area contributed by atoms with E-state index in [0.29, 0.717) is 17.7 Å². The van der Waals surface area contributed by atoms with Crippen LogP contribution in [-0.2, 0) is 4.79 Å². The number of pyridine rings is 1. The Balaban J connectivity index is 2.88. The van der Waals surface area contributed by atoms with E-state index in [1.165, 1.54) is 18.5 Å². The molecule has 0 aliphatic carbocycles. The molecule has 0 atom stereocenters. The largest absolute Gasteiger partial charge is 0.478 e. The molecule has 0 radical (unpaired) electrons. The van der Waals surface area contributed by atoms with Gasteiger partial charge in [-0.25, -0.2) is 4.79 Å². The topological polar surface area (TPSA) is 70.5 Å². The van der Waals surface area contributed by atoms with Crippen molar-refractivity contribution >= 4 is 18.0 Å². The third-order valence-electron chi connectivity index (χ3n) is 2.33. The summed E-state index contributed by atoms with van der Waals surface area (Å²) in [7, 11) is 1.73. The monoisotopic (exact) mass is 248 g/mol. The van der Waals surface area contributed by atoms with Crippen LogP contribution >= 0.6 is 0 Å². The van der Waals surface area contributed by atoms with Gasteiger partial charge >= 0.3 is 5.97 Å². The molecule has 1 amide bonds. The molecule has 1 aromatic rings. The van der Waals surface area contributed by atoms with Crippen LogP contribution in [0.25, 0.3) is 6.08 Å². The fourth-order valence-corrected chi connectivity index (χ4v) is 1.49. The third kappa shape index (κ3) is 4.01. The maximum atomic E-state index is 12.0. The first kappa shape index (κ1) is 13.9. The highest BCUT2D eigenvalue weighted by Crippen LogP contribution is 2.07. The maximum absolute atomic E-state index is 12.0. The second-order valence-electron chi connectivity index (χ2n) is 3.91. The zero-order valence-corrected chi connectivity index (χ0v) is 10.5. The summed E-state index contributed by atoms with van der Waals surface area (Å²) in [6.07, 6.45) is 6.30. The van der Waals surface area contributed by atoms with Crippen molar-refractivity contribution in [3.63, 3.8) is 0 Å². The number of hydrogen-bond donors (Lipinski definition) is 1. The lowest BCUT2D eigenvalue weighted by Crippen LogP contribution is -2.27. The van der Waals surface area contributed by atoms with Gasteiger partial charge in [0.05, 0.1) is 5.56 Å². The van der Waals surface area contributed by atoms with Gasteiger partial charge in [0.15, 0.2) is 0 Å². The minimum Gasteiger partial charge on any atom is -0.478 e. The summed E-state index contributed by atoms with van der Waals surface area (Å²) in [5.74, 6) is -1.15. The predicted octanol–water partition coefficient (Wildman–Crippen LogP) is 1.66. The van der Waals surface area contributed by atoms with Gasteiger partial charge in [-0.3, -0.25) is 9.78 Å². The van der Waals surface area contributed by atoms with E-state index in [-0.39, 0.29) is 5.91 Å². The first-order valence-electron chi connectivity index (χ1n) is 5.66. The molecule has 0 spiro atoms. The number of aliphatic carboxylic acids is 1. The molecule has 18 heavy (non-hydrogen) atoms. The standard InChI is InChI=1S/C13H16N2O3/c1-3-6-15(2)13(18)11-7-10(8-14-9-11)4-5-12(16)17/h4-5,7-9H,3,6H2,1-2H3,(H,16,17)/b5-4+. The molecular formula is C13H16N2O3. The number of carbonyl (C=O) groups excluding carboxylic acids is 1. The van der Waals surface area contributed by atoms with Gasteiger partial charge in [0.2, 0.25) is 0 Å². The van der Waals surface area contributed by atoms with Gasteiger partial charge in [-0.2, -0.15) is 0 Å². The van der Waals surface area contributed by atoms with Crippen LogP contribution in [0.4, 0.5) is 0 Å². The average Bonchev–Trinajstić information content (AvgIpc) is 2.36. The number of carboxylic acids is 1. The van der Waals surface area contributed by atoms with E-state index in [9.17, 15) is 9.59 Å². The van der Waals surface area contributed by atoms with E-state index in [0.717, 1.165) is 12.5 Å². The molecule has 1 heterocycles. The summed E-state index contributed by atoms with van der Waals surface area (Å²) in [6, 6.07) is 1.63. The molecule has 0 aliphatic rings. The molecule has 1 rings (SSSR count). The molecule has 0 bridgehead atoms. The van der Waals surface area contributed by atoms with E-state index in [1.807, 2.05) is 6.92 Å². The second kappa shape index (κ2) is 6.54. The van der Waals surface area contributed by atoms with E-state index in [2.05, 4.69) is 4.98 Å². The zero-order valence-electron chi connectivity index (χ0n) is 10.5. The first-order chi connectivity index (χ1) is 8.54. The first-order valence-corrected chi connectivity index (χ1v) is 5.66. The summed E-state index contributed by atoms with van der Waals surface area (Å²) in [4.78, 5) is 27.9. The van der Waals surface area contributed by atoms with Gasteiger partial charge in [0.1, 0.15) is 0 Å². The summed E-state index contributed by atoms with van der Waals surface area (Å²) < 4.78 is 0. The molecule has 0 unspecified atom stereocenters. The van der Waals surface area contributed by atoms with E-state index >= 15 is 0 Å². The van der Waals surface area contributed by atoms with Crippen LogP contribution in [-0.4, -0.2) is 40.5 Å². The molecule has 5 nitrogen and oxygen atoms in total. The lowest BCUT2D eigenvalue weighted by Gasteiger charge is -2.15. The van der Waals surface area contributed by atoms with Crippen molar-refractivity contribution in [1.29, 1.82) is 0 Å². The molecule has 1 N–H and O–H groups in total. The van der Waals surface area contributed by atoms with Gasteiger partial charge in [-0.15, -0.1) is 0 Å². The Hall–Kier alpha value is -2.17. The summed E-state index contributed by atoms with van der Waals surface area (Å²) in [5, 5.41) is 8.53. The van der Waals surface area contributed by atoms with E-state index in [4.69, 9.17) is 5.11 Å². The molecule has 0 aromatic carbocycles. The van der Waals surface area contributed by atoms with Crippen LogP contribution < -0.4 is 0 Å². The van der Waals surface area contributed by atoms with Crippen LogP contribution in [0.3, 0.4) is 0 Å². The molecule has 96 valence electrons. The summed E-state index contributed by atoms with van der Waals surface area (Å²) >= 11 is 0. The Labute approximate surface area is 106 Å². The maximum Gasteiger partial charge on any atom is 0.328 e. The van der Waals surface area contributed by atoms with E-state index < -0.39 is 5.97 Å². The van der Waals surface area contributed by atoms with Crippen molar-refractivity contribution < 1.29 is 14.7 Å². The zero-order chi connectivity index (χ0) is 13.5. The molecule has 5 heteroatoms. The minimum atomic E-state index is -1.03. The number of amides is 1. The van der Waals surface area contributed by atoms with Gasteiger partial charge in [-0.1, -0.05) is 6.92 Å². The minimum absolute atomic E-state index is 0.116. The van der Waals surface area contributed by atoms with Crippen LogP contribution in [0.2, 0.25) is 0 Å². The Bertz CT molecular complexity index is 469. The molecule has 1 aromatic heterocycles. The Morgan fingerprint density at radius 3 is 2.78 bits per heavy atom. The number of rotatable bonds is 5. The number of aromatic nitrogens is 1. The van der Waals surface area contributed by atoms with Crippen molar-refractivity contribution in [3.05, 3.63) is 35.7 Å². The smallest absolute Gasteiger partial charge is 0.328 e. The van der Waals surface area contributed by atoms with Crippen LogP contribution in [0.1, 0.15) is 29.3 Å². The fraction of sp³-hybridized carbons (Fsp3) is 0.308. The van der Waals surface area contributed by atoms with Crippen LogP contribution in [0, 0.1) is 0 Å². The lowest BCUT2D eigenvalue weighted by atomic mass is 10.1. The molecule has 0 fully saturated rings. The quantitative estimate of drug-likeness (QED) is 0.804. The number of nitrogens with zero attached hydrogens (tertiary/aromatic N) is 2. The Kier molecular flexibility index (Phi) is 5.05. The van der Waals surface area contributed by atoms with Crippen molar-refractivity contribution in [3.8, 4) is 0 Å². The molecular weight excluding hydrogens is 232 g/mol. The highest BCUT2D eigenvalue weighted by atomic mass is 16.4. The Morgan fingerprint density at radius 1 is 1.44 bits per heavy atom. The van der Waals surface area contributed by atoms with Gasteiger partial charge in [0, 0.05) is 32.1 Å². The van der Waals surface area contributed by atoms with Crippen molar-refractivity contribution in [2.75, 3.05) is 13.6 Å². The van der Waals surface area contributed by atoms with Crippen LogP contribution in [0.5, 0.6) is 0 Å². The summed E-state index contributed by atoms with van der Waals surface area (Å²) in [5.41, 5.74) is 1.05. The Morgan fingerprint density at radius 2 is 2.17 bits per heavy atom. The van der Waals surface area contributed by atoms with E-state index in [1.54, 1.807) is 18.0 Å². The molecule has 0 saturated carbocycles. The lowest BCUT2D eigenvalue weighted by molar-refractivity contribution is -0.131. The number of hydrogen-bond acceptors (Lipinski definition) is 3. The number of carboxylic acid groups (broad SMARTS) is 1. The highest BCUT2D eigenvalue weighted by molar-refractivity contribution is 5.94.